The van der Waals surface area contributed by atoms with Crippen LogP contribution in [0.1, 0.15) is 18.1 Å². The van der Waals surface area contributed by atoms with Crippen LogP contribution in [0.25, 0.3) is 0 Å². The molecule has 0 bridgehead atoms. The maximum absolute atomic E-state index is 12.5. The van der Waals surface area contributed by atoms with Crippen LogP contribution in [0.3, 0.4) is 0 Å². The van der Waals surface area contributed by atoms with E-state index in [1.807, 2.05) is 6.92 Å². The van der Waals surface area contributed by atoms with Crippen LogP contribution in [-0.4, -0.2) is 33.8 Å². The molecule has 2 aromatic rings. The lowest BCUT2D eigenvalue weighted by molar-refractivity contribution is -0.0504. The fourth-order valence-corrected chi connectivity index (χ4v) is 3.02. The molecule has 0 aliphatic heterocycles. The third-order valence-electron chi connectivity index (χ3n) is 3.75. The SMILES string of the molecule is CCNC(=NCc1ccc(S(C)(=O)=O)cc1)NCc1ccccc1OC(F)F.I. The van der Waals surface area contributed by atoms with E-state index in [2.05, 4.69) is 20.4 Å². The summed E-state index contributed by atoms with van der Waals surface area (Å²) in [6.07, 6.45) is 1.16. The lowest BCUT2D eigenvalue weighted by Gasteiger charge is -2.14. The lowest BCUT2D eigenvalue weighted by atomic mass is 10.2. The molecule has 0 saturated heterocycles. The molecule has 0 fully saturated rings. The van der Waals surface area contributed by atoms with Crippen LogP contribution in [0.2, 0.25) is 0 Å². The highest BCUT2D eigenvalue weighted by atomic mass is 127. The molecule has 0 atom stereocenters. The summed E-state index contributed by atoms with van der Waals surface area (Å²) in [5, 5.41) is 6.15. The molecule has 0 saturated carbocycles. The predicted molar refractivity (Wildman–Crippen MR) is 120 cm³/mol. The minimum atomic E-state index is -3.24. The van der Waals surface area contributed by atoms with Crippen molar-refractivity contribution in [2.24, 2.45) is 4.99 Å². The third-order valence-corrected chi connectivity index (χ3v) is 4.88. The number of benzene rings is 2. The van der Waals surface area contributed by atoms with Gasteiger partial charge < -0.3 is 15.4 Å². The number of para-hydroxylation sites is 1. The van der Waals surface area contributed by atoms with Gasteiger partial charge in [-0.25, -0.2) is 13.4 Å². The molecule has 2 aromatic carbocycles. The average molecular weight is 539 g/mol. The van der Waals surface area contributed by atoms with Gasteiger partial charge in [-0.3, -0.25) is 0 Å². The van der Waals surface area contributed by atoms with Crippen molar-refractivity contribution in [2.75, 3.05) is 12.8 Å². The quantitative estimate of drug-likeness (QED) is 0.305. The van der Waals surface area contributed by atoms with Gasteiger partial charge in [0.15, 0.2) is 15.8 Å². The highest BCUT2D eigenvalue weighted by Gasteiger charge is 2.10. The number of guanidine groups is 1. The molecule has 2 rings (SSSR count). The molecule has 0 unspecified atom stereocenters. The average Bonchev–Trinajstić information content (AvgIpc) is 2.64. The first-order valence-electron chi connectivity index (χ1n) is 8.63. The predicted octanol–water partition coefficient (Wildman–Crippen LogP) is 3.56. The summed E-state index contributed by atoms with van der Waals surface area (Å²) < 4.78 is 52.6. The van der Waals surface area contributed by atoms with Crippen LogP contribution in [0.15, 0.2) is 58.4 Å². The molecule has 0 spiro atoms. The highest BCUT2D eigenvalue weighted by molar-refractivity contribution is 14.0. The molecular weight excluding hydrogens is 515 g/mol. The second-order valence-electron chi connectivity index (χ2n) is 5.95. The molecule has 6 nitrogen and oxygen atoms in total. The maximum atomic E-state index is 12.5. The van der Waals surface area contributed by atoms with Gasteiger partial charge in [0.1, 0.15) is 5.75 Å². The van der Waals surface area contributed by atoms with Crippen molar-refractivity contribution in [1.29, 1.82) is 0 Å². The first-order valence-corrected chi connectivity index (χ1v) is 10.5. The maximum Gasteiger partial charge on any atom is 0.387 e. The van der Waals surface area contributed by atoms with E-state index in [0.29, 0.717) is 24.6 Å². The largest absolute Gasteiger partial charge is 0.434 e. The molecule has 0 aromatic heterocycles. The number of sulfone groups is 1. The number of aliphatic imine (C=N–C) groups is 1. The summed E-state index contributed by atoms with van der Waals surface area (Å²) in [6.45, 7) is 0.217. The summed E-state index contributed by atoms with van der Waals surface area (Å²) >= 11 is 0. The molecular formula is C19H24F2IN3O3S. The van der Waals surface area contributed by atoms with Crippen LogP contribution in [0.5, 0.6) is 5.75 Å². The molecule has 0 aliphatic carbocycles. The van der Waals surface area contributed by atoms with E-state index < -0.39 is 16.4 Å². The Morgan fingerprint density at radius 2 is 1.76 bits per heavy atom. The standard InChI is InChI=1S/C19H23F2N3O3S.HI/c1-3-22-19(23-12-14-8-10-16(11-9-14)28(2,25)26)24-13-15-6-4-5-7-17(15)27-18(20)21;/h4-11,18H,3,12-13H2,1-2H3,(H2,22,23,24);1H. The zero-order valence-corrected chi connectivity index (χ0v) is 19.2. The van der Waals surface area contributed by atoms with E-state index >= 15 is 0 Å². The molecule has 0 radical (unpaired) electrons. The zero-order valence-electron chi connectivity index (χ0n) is 16.1. The summed E-state index contributed by atoms with van der Waals surface area (Å²) in [5.41, 5.74) is 1.41. The van der Waals surface area contributed by atoms with Crippen LogP contribution < -0.4 is 15.4 Å². The molecule has 160 valence electrons. The Morgan fingerprint density at radius 3 is 2.34 bits per heavy atom. The van der Waals surface area contributed by atoms with Crippen LogP contribution in [0.4, 0.5) is 8.78 Å². The van der Waals surface area contributed by atoms with Crippen molar-refractivity contribution >= 4 is 39.8 Å². The van der Waals surface area contributed by atoms with Crippen molar-refractivity contribution in [2.45, 2.75) is 31.5 Å². The summed E-state index contributed by atoms with van der Waals surface area (Å²) in [4.78, 5) is 4.69. The highest BCUT2D eigenvalue weighted by Crippen LogP contribution is 2.20. The number of nitrogens with one attached hydrogen (secondary N) is 2. The van der Waals surface area contributed by atoms with E-state index in [4.69, 9.17) is 0 Å². The summed E-state index contributed by atoms with van der Waals surface area (Å²) in [5.74, 6) is 0.610. The van der Waals surface area contributed by atoms with Crippen molar-refractivity contribution in [3.05, 3.63) is 59.7 Å². The van der Waals surface area contributed by atoms with Gasteiger partial charge in [0, 0.05) is 24.9 Å². The van der Waals surface area contributed by atoms with Gasteiger partial charge in [0.2, 0.25) is 0 Å². The number of hydrogen-bond donors (Lipinski definition) is 2. The first kappa shape index (κ1) is 25.1. The normalized spacial score (nSPS) is 11.7. The van der Waals surface area contributed by atoms with Crippen LogP contribution in [0, 0.1) is 0 Å². The minimum absolute atomic E-state index is 0. The van der Waals surface area contributed by atoms with Crippen LogP contribution in [-0.2, 0) is 22.9 Å². The number of halogens is 3. The first-order chi connectivity index (χ1) is 13.3. The van der Waals surface area contributed by atoms with E-state index in [0.717, 1.165) is 11.8 Å². The molecule has 29 heavy (non-hydrogen) atoms. The lowest BCUT2D eigenvalue weighted by Crippen LogP contribution is -2.36. The van der Waals surface area contributed by atoms with E-state index in [9.17, 15) is 17.2 Å². The Labute approximate surface area is 186 Å². The Bertz CT molecular complexity index is 907. The van der Waals surface area contributed by atoms with Gasteiger partial charge in [-0.2, -0.15) is 8.78 Å². The van der Waals surface area contributed by atoms with Gasteiger partial charge >= 0.3 is 6.61 Å². The molecule has 0 amide bonds. The number of ether oxygens (including phenoxy) is 1. The third kappa shape index (κ3) is 8.52. The zero-order chi connectivity index (χ0) is 20.6. The number of rotatable bonds is 8. The van der Waals surface area contributed by atoms with Crippen molar-refractivity contribution in [3.8, 4) is 5.75 Å². The van der Waals surface area contributed by atoms with Gasteiger partial charge in [-0.1, -0.05) is 30.3 Å². The van der Waals surface area contributed by atoms with Crippen molar-refractivity contribution in [1.82, 2.24) is 10.6 Å². The minimum Gasteiger partial charge on any atom is -0.434 e. The second-order valence-corrected chi connectivity index (χ2v) is 7.97. The van der Waals surface area contributed by atoms with Crippen molar-refractivity contribution < 1.29 is 21.9 Å². The Balaban J connectivity index is 0.00000420. The molecule has 0 heterocycles. The monoisotopic (exact) mass is 539 g/mol. The van der Waals surface area contributed by atoms with Gasteiger partial charge in [-0.15, -0.1) is 24.0 Å². The number of hydrogen-bond acceptors (Lipinski definition) is 4. The molecule has 2 N–H and O–H groups in total. The van der Waals surface area contributed by atoms with Crippen LogP contribution >= 0.6 is 24.0 Å². The van der Waals surface area contributed by atoms with E-state index in [1.165, 1.54) is 6.07 Å². The fraction of sp³-hybridized carbons (Fsp3) is 0.316. The van der Waals surface area contributed by atoms with Crippen molar-refractivity contribution in [3.63, 3.8) is 0 Å². The van der Waals surface area contributed by atoms with E-state index in [1.54, 1.807) is 42.5 Å². The number of alkyl halides is 2. The Kier molecular flexibility index (Phi) is 10.3. The smallest absolute Gasteiger partial charge is 0.387 e. The van der Waals surface area contributed by atoms with Gasteiger partial charge in [0.25, 0.3) is 0 Å². The van der Waals surface area contributed by atoms with Gasteiger partial charge in [-0.05, 0) is 30.7 Å². The summed E-state index contributed by atoms with van der Waals surface area (Å²) in [7, 11) is -3.24. The molecule has 10 heteroatoms. The Hall–Kier alpha value is -1.95. The summed E-state index contributed by atoms with van der Waals surface area (Å²) in [6, 6.07) is 13.0. The fourth-order valence-electron chi connectivity index (χ4n) is 2.39. The Morgan fingerprint density at radius 1 is 1.10 bits per heavy atom. The van der Waals surface area contributed by atoms with Gasteiger partial charge in [0.05, 0.1) is 11.4 Å². The van der Waals surface area contributed by atoms with E-state index in [-0.39, 0.29) is 41.2 Å². The number of nitrogens with zero attached hydrogens (tertiary/aromatic N) is 1. The second kappa shape index (κ2) is 11.9. The molecule has 0 aliphatic rings. The topological polar surface area (TPSA) is 79.8 Å².